The molecule has 2 N–H and O–H groups in total. The zero-order chi connectivity index (χ0) is 15.7. The van der Waals surface area contributed by atoms with Crippen LogP contribution in [-0.4, -0.2) is 42.0 Å². The fourth-order valence-corrected chi connectivity index (χ4v) is 3.45. The van der Waals surface area contributed by atoms with E-state index >= 15 is 0 Å². The van der Waals surface area contributed by atoms with Crippen LogP contribution < -0.4 is 10.9 Å². The SMILES string of the molecule is CN[C@H]1CCCN(C(=O)c2cc(=O)[nH]c3c(Br)cccc23)C1. The van der Waals surface area contributed by atoms with Gasteiger partial charge < -0.3 is 15.2 Å². The van der Waals surface area contributed by atoms with E-state index in [-0.39, 0.29) is 11.5 Å². The molecule has 0 bridgehead atoms. The van der Waals surface area contributed by atoms with Gasteiger partial charge in [-0.1, -0.05) is 12.1 Å². The van der Waals surface area contributed by atoms with Crippen LogP contribution in [0.5, 0.6) is 0 Å². The summed E-state index contributed by atoms with van der Waals surface area (Å²) in [6.07, 6.45) is 2.05. The molecule has 6 heteroatoms. The van der Waals surface area contributed by atoms with Crippen LogP contribution in [-0.2, 0) is 0 Å². The predicted octanol–water partition coefficient (Wildman–Crippen LogP) is 2.11. The number of benzene rings is 1. The molecule has 1 aliphatic rings. The van der Waals surface area contributed by atoms with Crippen LogP contribution in [0.3, 0.4) is 0 Å². The number of carbonyl (C=O) groups is 1. The summed E-state index contributed by atoms with van der Waals surface area (Å²) in [6.45, 7) is 1.41. The van der Waals surface area contributed by atoms with Gasteiger partial charge in [-0.2, -0.15) is 0 Å². The fourth-order valence-electron chi connectivity index (χ4n) is 2.99. The zero-order valence-corrected chi connectivity index (χ0v) is 13.9. The summed E-state index contributed by atoms with van der Waals surface area (Å²) in [5.74, 6) is -0.0749. The lowest BCUT2D eigenvalue weighted by Gasteiger charge is -2.32. The molecule has 1 amide bonds. The number of fused-ring (bicyclic) bond motifs is 1. The van der Waals surface area contributed by atoms with Gasteiger partial charge in [0.15, 0.2) is 0 Å². The van der Waals surface area contributed by atoms with Crippen molar-refractivity contribution < 1.29 is 4.79 Å². The average Bonchev–Trinajstić information content (AvgIpc) is 2.54. The number of aromatic nitrogens is 1. The van der Waals surface area contributed by atoms with Crippen molar-refractivity contribution in [1.29, 1.82) is 0 Å². The van der Waals surface area contributed by atoms with E-state index in [4.69, 9.17) is 0 Å². The first-order valence-corrected chi connectivity index (χ1v) is 8.17. The summed E-state index contributed by atoms with van der Waals surface area (Å²) in [4.78, 5) is 29.4. The fraction of sp³-hybridized carbons (Fsp3) is 0.375. The molecular weight excluding hydrogens is 346 g/mol. The van der Waals surface area contributed by atoms with Crippen LogP contribution in [0.4, 0.5) is 0 Å². The summed E-state index contributed by atoms with van der Waals surface area (Å²) in [6, 6.07) is 7.30. The Balaban J connectivity index is 2.04. The number of H-pyrrole nitrogens is 1. The molecule has 1 aliphatic heterocycles. The second-order valence-electron chi connectivity index (χ2n) is 5.59. The standard InChI is InChI=1S/C16H18BrN3O2/c1-18-10-4-3-7-20(9-10)16(22)12-8-14(21)19-15-11(12)5-2-6-13(15)17/h2,5-6,8,10,18H,3-4,7,9H2,1H3,(H,19,21)/t10-/m0/s1. The van der Waals surface area contributed by atoms with Crippen LogP contribution in [0.1, 0.15) is 23.2 Å². The van der Waals surface area contributed by atoms with E-state index in [1.165, 1.54) is 6.07 Å². The van der Waals surface area contributed by atoms with Gasteiger partial charge in [-0.25, -0.2) is 0 Å². The molecule has 0 radical (unpaired) electrons. The number of amides is 1. The lowest BCUT2D eigenvalue weighted by Crippen LogP contribution is -2.47. The smallest absolute Gasteiger partial charge is 0.254 e. The topological polar surface area (TPSA) is 65.2 Å². The maximum atomic E-state index is 12.9. The number of hydrogen-bond donors (Lipinski definition) is 2. The van der Waals surface area contributed by atoms with Gasteiger partial charge in [-0.05, 0) is 41.9 Å². The van der Waals surface area contributed by atoms with E-state index in [0.717, 1.165) is 29.2 Å². The van der Waals surface area contributed by atoms with E-state index in [0.29, 0.717) is 23.7 Å². The van der Waals surface area contributed by atoms with Crippen LogP contribution >= 0.6 is 15.9 Å². The summed E-state index contributed by atoms with van der Waals surface area (Å²) in [5, 5.41) is 4.00. The molecule has 2 aromatic rings. The molecule has 2 heterocycles. The number of rotatable bonds is 2. The summed E-state index contributed by atoms with van der Waals surface area (Å²) in [7, 11) is 1.92. The maximum Gasteiger partial charge on any atom is 0.254 e. The number of likely N-dealkylation sites (tertiary alicyclic amines) is 1. The predicted molar refractivity (Wildman–Crippen MR) is 90.3 cm³/mol. The Hall–Kier alpha value is -1.66. The maximum absolute atomic E-state index is 12.9. The lowest BCUT2D eigenvalue weighted by atomic mass is 10.0. The molecule has 0 unspecified atom stereocenters. The molecule has 1 fully saturated rings. The van der Waals surface area contributed by atoms with Gasteiger partial charge in [0, 0.05) is 35.1 Å². The highest BCUT2D eigenvalue weighted by atomic mass is 79.9. The number of hydrogen-bond acceptors (Lipinski definition) is 3. The number of likely N-dealkylation sites (N-methyl/N-ethyl adjacent to an activating group) is 1. The molecule has 1 saturated heterocycles. The van der Waals surface area contributed by atoms with Crippen molar-refractivity contribution in [2.24, 2.45) is 0 Å². The number of nitrogens with zero attached hydrogens (tertiary/aromatic N) is 1. The first-order valence-electron chi connectivity index (χ1n) is 7.38. The van der Waals surface area contributed by atoms with Gasteiger partial charge in [0.25, 0.3) is 5.91 Å². The molecule has 1 aromatic heterocycles. The third kappa shape index (κ3) is 2.80. The molecule has 22 heavy (non-hydrogen) atoms. The molecule has 0 saturated carbocycles. The molecule has 0 aliphatic carbocycles. The molecule has 3 rings (SSSR count). The highest BCUT2D eigenvalue weighted by Crippen LogP contribution is 2.24. The number of para-hydroxylation sites is 1. The Labute approximate surface area is 136 Å². The largest absolute Gasteiger partial charge is 0.337 e. The Morgan fingerprint density at radius 1 is 1.45 bits per heavy atom. The average molecular weight is 364 g/mol. The van der Waals surface area contributed by atoms with Crippen molar-refractivity contribution in [3.05, 3.63) is 44.7 Å². The van der Waals surface area contributed by atoms with Crippen molar-refractivity contribution >= 4 is 32.7 Å². The van der Waals surface area contributed by atoms with Gasteiger partial charge in [0.2, 0.25) is 5.56 Å². The molecule has 116 valence electrons. The highest BCUT2D eigenvalue weighted by molar-refractivity contribution is 9.10. The summed E-state index contributed by atoms with van der Waals surface area (Å²) in [5.41, 5.74) is 0.877. The molecule has 5 nitrogen and oxygen atoms in total. The second-order valence-corrected chi connectivity index (χ2v) is 6.44. The Morgan fingerprint density at radius 3 is 3.05 bits per heavy atom. The van der Waals surface area contributed by atoms with Gasteiger partial charge in [0.05, 0.1) is 11.1 Å². The number of halogens is 1. The number of piperidine rings is 1. The number of nitrogens with one attached hydrogen (secondary N) is 2. The highest BCUT2D eigenvalue weighted by Gasteiger charge is 2.25. The van der Waals surface area contributed by atoms with Crippen molar-refractivity contribution in [2.45, 2.75) is 18.9 Å². The van der Waals surface area contributed by atoms with Crippen LogP contribution in [0.25, 0.3) is 10.9 Å². The Kier molecular flexibility index (Phi) is 4.31. The third-order valence-corrected chi connectivity index (χ3v) is 4.84. The molecule has 1 atom stereocenters. The van der Waals surface area contributed by atoms with Gasteiger partial charge >= 0.3 is 0 Å². The van der Waals surface area contributed by atoms with Gasteiger partial charge in [0.1, 0.15) is 0 Å². The molecule has 0 spiro atoms. The minimum atomic E-state index is -0.259. The zero-order valence-electron chi connectivity index (χ0n) is 12.4. The number of pyridine rings is 1. The van der Waals surface area contributed by atoms with Gasteiger partial charge in [-0.3, -0.25) is 9.59 Å². The molecular formula is C16H18BrN3O2. The second kappa shape index (κ2) is 6.22. The van der Waals surface area contributed by atoms with E-state index in [2.05, 4.69) is 26.2 Å². The third-order valence-electron chi connectivity index (χ3n) is 4.17. The monoisotopic (exact) mass is 363 g/mol. The van der Waals surface area contributed by atoms with E-state index in [1.807, 2.05) is 30.1 Å². The van der Waals surface area contributed by atoms with Crippen molar-refractivity contribution in [1.82, 2.24) is 15.2 Å². The van der Waals surface area contributed by atoms with Crippen molar-refractivity contribution in [3.8, 4) is 0 Å². The number of aromatic amines is 1. The molecule has 1 aromatic carbocycles. The number of carbonyl (C=O) groups excluding carboxylic acids is 1. The van der Waals surface area contributed by atoms with Gasteiger partial charge in [-0.15, -0.1) is 0 Å². The van der Waals surface area contributed by atoms with Crippen LogP contribution in [0.15, 0.2) is 33.5 Å². The Morgan fingerprint density at radius 2 is 2.27 bits per heavy atom. The lowest BCUT2D eigenvalue weighted by molar-refractivity contribution is 0.0700. The minimum Gasteiger partial charge on any atom is -0.337 e. The van der Waals surface area contributed by atoms with E-state index in [9.17, 15) is 9.59 Å². The van der Waals surface area contributed by atoms with Crippen molar-refractivity contribution in [3.63, 3.8) is 0 Å². The summed E-state index contributed by atoms with van der Waals surface area (Å²) >= 11 is 3.43. The normalized spacial score (nSPS) is 18.6. The van der Waals surface area contributed by atoms with E-state index < -0.39 is 0 Å². The van der Waals surface area contributed by atoms with Crippen molar-refractivity contribution in [2.75, 3.05) is 20.1 Å². The first-order chi connectivity index (χ1) is 10.6. The quantitative estimate of drug-likeness (QED) is 0.858. The van der Waals surface area contributed by atoms with E-state index in [1.54, 1.807) is 0 Å². The van der Waals surface area contributed by atoms with Crippen LogP contribution in [0.2, 0.25) is 0 Å². The minimum absolute atomic E-state index is 0.0749. The summed E-state index contributed by atoms with van der Waals surface area (Å²) < 4.78 is 0.781. The van der Waals surface area contributed by atoms with Crippen LogP contribution in [0, 0.1) is 0 Å². The first kappa shape index (κ1) is 15.2. The Bertz CT molecular complexity index is 772.